The molecule has 0 spiro atoms. The van der Waals surface area contributed by atoms with Crippen molar-refractivity contribution >= 4 is 10.9 Å². The fourth-order valence-electron chi connectivity index (χ4n) is 12.2. The van der Waals surface area contributed by atoms with Gasteiger partial charge in [0, 0.05) is 16.6 Å². The number of piperidine rings is 1. The summed E-state index contributed by atoms with van der Waals surface area (Å²) in [5, 5.41) is 4.86. The van der Waals surface area contributed by atoms with Gasteiger partial charge >= 0.3 is 0 Å². The fourth-order valence-corrected chi connectivity index (χ4v) is 12.2. The second kappa shape index (κ2) is 21.0. The van der Waals surface area contributed by atoms with E-state index in [0.29, 0.717) is 33.5 Å². The quantitative estimate of drug-likeness (QED) is 0.176. The van der Waals surface area contributed by atoms with Crippen LogP contribution in [0.1, 0.15) is 149 Å². The smallest absolute Gasteiger partial charge is 0.122 e. The van der Waals surface area contributed by atoms with Crippen LogP contribution in [0.5, 0.6) is 5.75 Å². The van der Waals surface area contributed by atoms with Gasteiger partial charge in [-0.25, -0.2) is 0 Å². The first-order valence-electron chi connectivity index (χ1n) is 26.7. The lowest BCUT2D eigenvalue weighted by Crippen LogP contribution is -2.26. The van der Waals surface area contributed by atoms with E-state index in [2.05, 4.69) is 198 Å². The summed E-state index contributed by atoms with van der Waals surface area (Å²) in [6.07, 6.45) is 11.4. The summed E-state index contributed by atoms with van der Waals surface area (Å²) in [6, 6.07) is 34.9. The molecule has 0 radical (unpaired) electrons. The first kappa shape index (κ1) is 51.0. The van der Waals surface area contributed by atoms with E-state index in [1.54, 1.807) is 27.8 Å². The Kier molecular flexibility index (Phi) is 16.0. The normalized spacial score (nSPS) is 24.0. The zero-order chi connectivity index (χ0) is 48.3. The maximum atomic E-state index is 5.70. The van der Waals surface area contributed by atoms with Gasteiger partial charge in [-0.3, -0.25) is 0 Å². The molecule has 5 unspecified atom stereocenters. The van der Waals surface area contributed by atoms with Crippen LogP contribution < -0.4 is 10.1 Å². The second-order valence-electron chi connectivity index (χ2n) is 26.3. The Morgan fingerprint density at radius 3 is 1.52 bits per heavy atom. The van der Waals surface area contributed by atoms with Crippen LogP contribution in [0.2, 0.25) is 0 Å². The lowest BCUT2D eigenvalue weighted by atomic mass is 9.71. The number of aromatic nitrogens is 1. The maximum Gasteiger partial charge on any atom is 0.122 e. The Morgan fingerprint density at radius 2 is 0.970 bits per heavy atom. The number of aromatic amines is 1. The van der Waals surface area contributed by atoms with Gasteiger partial charge in [0.25, 0.3) is 0 Å². The van der Waals surface area contributed by atoms with Crippen molar-refractivity contribution < 1.29 is 4.74 Å². The highest BCUT2D eigenvalue weighted by Gasteiger charge is 2.57. The van der Waals surface area contributed by atoms with Crippen molar-refractivity contribution in [1.82, 2.24) is 10.3 Å². The number of hydrogen-bond acceptors (Lipinski definition) is 2. The van der Waals surface area contributed by atoms with Gasteiger partial charge in [-0.05, 0) is 185 Å². The molecule has 4 aromatic carbocycles. The molecular formula is C64H92N2O. The molecule has 4 aliphatic carbocycles. The van der Waals surface area contributed by atoms with Gasteiger partial charge in [-0.1, -0.05) is 182 Å². The molecule has 2 aliphatic heterocycles. The van der Waals surface area contributed by atoms with E-state index in [9.17, 15) is 0 Å². The molecule has 11 rings (SSSR count). The average molecular weight is 905 g/mol. The van der Waals surface area contributed by atoms with Gasteiger partial charge in [0.2, 0.25) is 0 Å². The minimum Gasteiger partial charge on any atom is -0.493 e. The van der Waals surface area contributed by atoms with E-state index < -0.39 is 0 Å². The molecule has 3 nitrogen and oxygen atoms in total. The highest BCUT2D eigenvalue weighted by atomic mass is 16.5. The van der Waals surface area contributed by atoms with Gasteiger partial charge in [0.1, 0.15) is 5.75 Å². The second-order valence-corrected chi connectivity index (χ2v) is 26.3. The van der Waals surface area contributed by atoms with Crippen LogP contribution in [0.3, 0.4) is 0 Å². The Labute approximate surface area is 409 Å². The van der Waals surface area contributed by atoms with Gasteiger partial charge in [-0.2, -0.15) is 0 Å². The van der Waals surface area contributed by atoms with Gasteiger partial charge in [-0.15, -0.1) is 0 Å². The third-order valence-corrected chi connectivity index (χ3v) is 17.1. The minimum atomic E-state index is 0.426. The summed E-state index contributed by atoms with van der Waals surface area (Å²) >= 11 is 0. The molecule has 364 valence electrons. The van der Waals surface area contributed by atoms with E-state index in [1.807, 2.05) is 6.07 Å². The summed E-state index contributed by atoms with van der Waals surface area (Å²) in [6.45, 7) is 36.3. The number of ether oxygens (including phenoxy) is 1. The summed E-state index contributed by atoms with van der Waals surface area (Å²) < 4.78 is 5.70. The molecule has 2 fully saturated rings. The van der Waals surface area contributed by atoms with Crippen molar-refractivity contribution in [2.24, 2.45) is 69.0 Å². The molecule has 67 heavy (non-hydrogen) atoms. The summed E-state index contributed by atoms with van der Waals surface area (Å²) in [7, 11) is 0. The van der Waals surface area contributed by atoms with Crippen LogP contribution >= 0.6 is 0 Å². The predicted molar refractivity (Wildman–Crippen MR) is 288 cm³/mol. The molecule has 0 bridgehead atoms. The van der Waals surface area contributed by atoms with Crippen LogP contribution in [-0.4, -0.2) is 24.7 Å². The Bertz CT molecular complexity index is 2320. The van der Waals surface area contributed by atoms with Crippen molar-refractivity contribution in [3.05, 3.63) is 136 Å². The largest absolute Gasteiger partial charge is 0.493 e. The van der Waals surface area contributed by atoms with Crippen molar-refractivity contribution in [2.75, 3.05) is 19.7 Å². The Hall–Kier alpha value is -3.82. The SMILES string of the molecule is CC(C)(C)C1C2CNCC21.CC(C)(C)C1CCc2c([nH]c3ccccc23)C1.CC(C)(C)C1CCc2ccccc2C1.CC(C)(C)C1Cc2ccccc2C1.CC(C)C1COc2ccccc2C1. The molecule has 3 heterocycles. The first-order valence-corrected chi connectivity index (χ1v) is 26.7. The minimum absolute atomic E-state index is 0.426. The highest BCUT2D eigenvalue weighted by Crippen LogP contribution is 2.57. The molecule has 5 atom stereocenters. The third kappa shape index (κ3) is 13.1. The predicted octanol–water partition coefficient (Wildman–Crippen LogP) is 16.0. The third-order valence-electron chi connectivity index (χ3n) is 17.1. The molecule has 1 saturated heterocycles. The van der Waals surface area contributed by atoms with Crippen LogP contribution in [-0.2, 0) is 44.9 Å². The van der Waals surface area contributed by atoms with Crippen LogP contribution in [0, 0.1) is 69.0 Å². The molecule has 6 aliphatic rings. The first-order chi connectivity index (χ1) is 31.6. The molecule has 2 N–H and O–H groups in total. The molecular weight excluding hydrogens is 813 g/mol. The van der Waals surface area contributed by atoms with Crippen molar-refractivity contribution in [3.63, 3.8) is 0 Å². The highest BCUT2D eigenvalue weighted by molar-refractivity contribution is 5.84. The average Bonchev–Trinajstić information content (AvgIpc) is 3.62. The van der Waals surface area contributed by atoms with E-state index in [0.717, 1.165) is 47.9 Å². The number of para-hydroxylation sites is 2. The molecule has 1 saturated carbocycles. The topological polar surface area (TPSA) is 37.0 Å². The number of hydrogen-bond donors (Lipinski definition) is 2. The Balaban J connectivity index is 0.000000125. The van der Waals surface area contributed by atoms with E-state index in [-0.39, 0.29) is 0 Å². The summed E-state index contributed by atoms with van der Waals surface area (Å²) in [5.41, 5.74) is 14.0. The molecule has 0 amide bonds. The van der Waals surface area contributed by atoms with Gasteiger partial charge < -0.3 is 15.0 Å². The Morgan fingerprint density at radius 1 is 0.493 bits per heavy atom. The maximum absolute atomic E-state index is 5.70. The van der Waals surface area contributed by atoms with Crippen molar-refractivity contribution in [1.29, 1.82) is 0 Å². The van der Waals surface area contributed by atoms with Crippen molar-refractivity contribution in [2.45, 2.75) is 155 Å². The molecule has 5 aromatic rings. The monoisotopic (exact) mass is 905 g/mol. The molecule has 1 aromatic heterocycles. The zero-order valence-corrected chi connectivity index (χ0v) is 44.7. The number of rotatable bonds is 1. The van der Waals surface area contributed by atoms with E-state index in [1.165, 1.54) is 93.0 Å². The number of nitrogens with one attached hydrogen (secondary N) is 2. The summed E-state index contributed by atoms with van der Waals surface area (Å²) in [5.74, 6) is 8.07. The number of aryl methyl sites for hydroxylation is 2. The number of H-pyrrole nitrogens is 1. The fraction of sp³-hybridized carbons (Fsp3) is 0.594. The van der Waals surface area contributed by atoms with E-state index >= 15 is 0 Å². The van der Waals surface area contributed by atoms with Crippen LogP contribution in [0.4, 0.5) is 0 Å². The molecule has 3 heteroatoms. The van der Waals surface area contributed by atoms with E-state index in [4.69, 9.17) is 4.74 Å². The van der Waals surface area contributed by atoms with Crippen LogP contribution in [0.15, 0.2) is 97.1 Å². The number of fused-ring (bicyclic) bond motifs is 7. The zero-order valence-electron chi connectivity index (χ0n) is 44.7. The summed E-state index contributed by atoms with van der Waals surface area (Å²) in [4.78, 5) is 3.62. The van der Waals surface area contributed by atoms with Crippen molar-refractivity contribution in [3.8, 4) is 5.75 Å². The lowest BCUT2D eigenvalue weighted by molar-refractivity contribution is 0.185. The van der Waals surface area contributed by atoms with Crippen LogP contribution in [0.25, 0.3) is 10.9 Å². The standard InChI is InChI=1S/C16H21N.C14H20.C13H18.C12H16O.C9H17N/c1-16(2,3)11-8-9-13-12-6-4-5-7-14(12)17-15(13)10-11;1-14(2,3)13-9-8-11-6-4-5-7-12(11)10-13;1-13(2,3)12-8-10-6-4-5-7-11(10)9-12;1-9(2)11-7-10-5-3-4-6-12(10)13-8-11;1-9(2,3)8-6-4-10-5-7(6)8/h4-7,11,17H,8-10H2,1-3H3;4-7,13H,8-10H2,1-3H3;4-7,12H,8-9H2,1-3H3;3-6,9,11H,7-8H2,1-2H3;6-8,10H,4-5H2,1-3H3. The van der Waals surface area contributed by atoms with Gasteiger partial charge in [0.05, 0.1) is 6.61 Å². The number of benzene rings is 4. The lowest BCUT2D eigenvalue weighted by Gasteiger charge is -2.34. The van der Waals surface area contributed by atoms with Gasteiger partial charge in [0.15, 0.2) is 0 Å².